The molecule has 2 aliphatic heterocycles. The molecule has 0 amide bonds. The van der Waals surface area contributed by atoms with E-state index in [0.29, 0.717) is 39.0 Å². The summed E-state index contributed by atoms with van der Waals surface area (Å²) in [4.78, 5) is 11.5. The van der Waals surface area contributed by atoms with Crippen LogP contribution in [0.5, 0.6) is 0 Å². The summed E-state index contributed by atoms with van der Waals surface area (Å²) in [6.07, 6.45) is 2.72. The molecular weight excluding hydrogens is 282 g/mol. The fourth-order valence-electron chi connectivity index (χ4n) is 2.84. The molecule has 2 aliphatic rings. The predicted molar refractivity (Wildman–Crippen MR) is 74.0 cm³/mol. The Labute approximate surface area is 120 Å². The van der Waals surface area contributed by atoms with E-state index >= 15 is 0 Å². The second-order valence-corrected chi connectivity index (χ2v) is 7.39. The first-order chi connectivity index (χ1) is 9.45. The molecule has 8 heteroatoms. The standard InChI is InChI=1S/C12H23N3O4S/c1-19-12(16)10-4-7-14(8-5-10)20(17,18)15-6-2-3-11(13)9-15/h10-11H,2-9,13H2,1H3/t11-/m1/s1. The van der Waals surface area contributed by atoms with Gasteiger partial charge in [-0.1, -0.05) is 0 Å². The van der Waals surface area contributed by atoms with Crippen LogP contribution >= 0.6 is 0 Å². The van der Waals surface area contributed by atoms with Gasteiger partial charge in [-0.3, -0.25) is 4.79 Å². The van der Waals surface area contributed by atoms with E-state index in [9.17, 15) is 13.2 Å². The first-order valence-corrected chi connectivity index (χ1v) is 8.43. The van der Waals surface area contributed by atoms with Crippen molar-refractivity contribution in [3.8, 4) is 0 Å². The average Bonchev–Trinajstić information content (AvgIpc) is 2.46. The highest BCUT2D eigenvalue weighted by Crippen LogP contribution is 2.23. The van der Waals surface area contributed by atoms with Crippen molar-refractivity contribution < 1.29 is 17.9 Å². The Morgan fingerprint density at radius 3 is 2.35 bits per heavy atom. The lowest BCUT2D eigenvalue weighted by Crippen LogP contribution is -2.53. The van der Waals surface area contributed by atoms with Crippen molar-refractivity contribution in [2.24, 2.45) is 11.7 Å². The molecule has 0 aliphatic carbocycles. The van der Waals surface area contributed by atoms with Gasteiger partial charge in [0.05, 0.1) is 13.0 Å². The van der Waals surface area contributed by atoms with Gasteiger partial charge in [0.25, 0.3) is 10.2 Å². The molecule has 2 saturated heterocycles. The van der Waals surface area contributed by atoms with Crippen LogP contribution in [0.15, 0.2) is 0 Å². The van der Waals surface area contributed by atoms with Gasteiger partial charge in [-0.05, 0) is 25.7 Å². The maximum Gasteiger partial charge on any atom is 0.308 e. The lowest BCUT2D eigenvalue weighted by Gasteiger charge is -2.36. The van der Waals surface area contributed by atoms with Crippen LogP contribution in [0, 0.1) is 5.92 Å². The maximum atomic E-state index is 12.5. The van der Waals surface area contributed by atoms with Gasteiger partial charge in [0.15, 0.2) is 0 Å². The molecular formula is C12H23N3O4S. The van der Waals surface area contributed by atoms with Crippen molar-refractivity contribution in [2.45, 2.75) is 31.7 Å². The van der Waals surface area contributed by atoms with Crippen molar-refractivity contribution in [3.05, 3.63) is 0 Å². The first kappa shape index (κ1) is 15.7. The van der Waals surface area contributed by atoms with E-state index in [-0.39, 0.29) is 17.9 Å². The zero-order chi connectivity index (χ0) is 14.8. The SMILES string of the molecule is COC(=O)C1CCN(S(=O)(=O)N2CCC[C@@H](N)C2)CC1. The van der Waals surface area contributed by atoms with Crippen molar-refractivity contribution in [1.82, 2.24) is 8.61 Å². The second-order valence-electron chi connectivity index (χ2n) is 5.46. The van der Waals surface area contributed by atoms with Gasteiger partial charge in [0.1, 0.15) is 0 Å². The van der Waals surface area contributed by atoms with Crippen LogP contribution < -0.4 is 5.73 Å². The molecule has 116 valence electrons. The summed E-state index contributed by atoms with van der Waals surface area (Å²) in [6, 6.07) is -0.0777. The highest BCUT2D eigenvalue weighted by atomic mass is 32.2. The monoisotopic (exact) mass is 305 g/mol. The molecule has 20 heavy (non-hydrogen) atoms. The van der Waals surface area contributed by atoms with Crippen LogP contribution in [0.1, 0.15) is 25.7 Å². The minimum absolute atomic E-state index is 0.0777. The third-order valence-corrected chi connectivity index (χ3v) is 6.06. The maximum absolute atomic E-state index is 12.5. The van der Waals surface area contributed by atoms with Crippen LogP contribution in [0.4, 0.5) is 0 Å². The van der Waals surface area contributed by atoms with Gasteiger partial charge >= 0.3 is 5.97 Å². The van der Waals surface area contributed by atoms with Gasteiger partial charge in [-0.2, -0.15) is 17.0 Å². The Morgan fingerprint density at radius 2 is 1.80 bits per heavy atom. The van der Waals surface area contributed by atoms with E-state index in [1.54, 1.807) is 0 Å². The second kappa shape index (κ2) is 6.38. The number of piperidine rings is 2. The number of hydrogen-bond acceptors (Lipinski definition) is 5. The number of nitrogens with two attached hydrogens (primary N) is 1. The Balaban J connectivity index is 1.96. The molecule has 7 nitrogen and oxygen atoms in total. The average molecular weight is 305 g/mol. The quantitative estimate of drug-likeness (QED) is 0.712. The number of carbonyl (C=O) groups excluding carboxylic acids is 1. The number of rotatable bonds is 3. The molecule has 0 bridgehead atoms. The molecule has 0 aromatic carbocycles. The molecule has 2 heterocycles. The molecule has 2 rings (SSSR count). The summed E-state index contributed by atoms with van der Waals surface area (Å²) in [5.41, 5.74) is 5.85. The van der Waals surface area contributed by atoms with Gasteiger partial charge in [-0.25, -0.2) is 0 Å². The van der Waals surface area contributed by atoms with Crippen molar-refractivity contribution in [2.75, 3.05) is 33.3 Å². The highest BCUT2D eigenvalue weighted by molar-refractivity contribution is 7.86. The van der Waals surface area contributed by atoms with Crippen LogP contribution in [-0.4, -0.2) is 62.3 Å². The van der Waals surface area contributed by atoms with Crippen LogP contribution in [0.2, 0.25) is 0 Å². The lowest BCUT2D eigenvalue weighted by atomic mass is 9.99. The Kier molecular flexibility index (Phi) is 5.00. The predicted octanol–water partition coefficient (Wildman–Crippen LogP) is -0.461. The normalized spacial score (nSPS) is 27.4. The van der Waals surface area contributed by atoms with E-state index in [0.717, 1.165) is 12.8 Å². The van der Waals surface area contributed by atoms with Gasteiger partial charge in [0, 0.05) is 32.2 Å². The van der Waals surface area contributed by atoms with E-state index in [1.165, 1.54) is 15.7 Å². The number of methoxy groups -OCH3 is 1. The summed E-state index contributed by atoms with van der Waals surface area (Å²) >= 11 is 0. The van der Waals surface area contributed by atoms with Crippen molar-refractivity contribution >= 4 is 16.2 Å². The molecule has 0 saturated carbocycles. The number of hydrogen-bond donors (Lipinski definition) is 1. The molecule has 0 spiro atoms. The van der Waals surface area contributed by atoms with E-state index in [1.807, 2.05) is 0 Å². The molecule has 0 aromatic heterocycles. The molecule has 0 aromatic rings. The Hall–Kier alpha value is -0.700. The topological polar surface area (TPSA) is 92.9 Å². The molecule has 2 N–H and O–H groups in total. The molecule has 0 unspecified atom stereocenters. The Morgan fingerprint density at radius 1 is 1.15 bits per heavy atom. The smallest absolute Gasteiger partial charge is 0.308 e. The zero-order valence-corrected chi connectivity index (χ0v) is 12.6. The largest absolute Gasteiger partial charge is 0.469 e. The summed E-state index contributed by atoms with van der Waals surface area (Å²) < 4.78 is 32.7. The lowest BCUT2D eigenvalue weighted by molar-refractivity contribution is -0.146. The van der Waals surface area contributed by atoms with Crippen molar-refractivity contribution in [3.63, 3.8) is 0 Å². The molecule has 1 atom stereocenters. The third kappa shape index (κ3) is 3.30. The molecule has 0 radical (unpaired) electrons. The number of esters is 1. The summed E-state index contributed by atoms with van der Waals surface area (Å²) in [5.74, 6) is -0.433. The van der Waals surface area contributed by atoms with E-state index in [4.69, 9.17) is 10.5 Å². The summed E-state index contributed by atoms with van der Waals surface area (Å²) in [5, 5.41) is 0. The van der Waals surface area contributed by atoms with Gasteiger partial charge in [-0.15, -0.1) is 0 Å². The van der Waals surface area contributed by atoms with Crippen molar-refractivity contribution in [1.29, 1.82) is 0 Å². The van der Waals surface area contributed by atoms with Crippen LogP contribution in [0.3, 0.4) is 0 Å². The summed E-state index contributed by atoms with van der Waals surface area (Å²) in [7, 11) is -2.08. The first-order valence-electron chi connectivity index (χ1n) is 7.03. The summed E-state index contributed by atoms with van der Waals surface area (Å²) in [6.45, 7) is 1.66. The van der Waals surface area contributed by atoms with E-state index in [2.05, 4.69) is 0 Å². The molecule has 2 fully saturated rings. The fraction of sp³-hybridized carbons (Fsp3) is 0.917. The fourth-order valence-corrected chi connectivity index (χ4v) is 4.57. The number of ether oxygens (including phenoxy) is 1. The number of nitrogens with zero attached hydrogens (tertiary/aromatic N) is 2. The van der Waals surface area contributed by atoms with E-state index < -0.39 is 10.2 Å². The van der Waals surface area contributed by atoms with Gasteiger partial charge < -0.3 is 10.5 Å². The van der Waals surface area contributed by atoms with Gasteiger partial charge in [0.2, 0.25) is 0 Å². The van der Waals surface area contributed by atoms with Crippen LogP contribution in [0.25, 0.3) is 0 Å². The van der Waals surface area contributed by atoms with Crippen LogP contribution in [-0.2, 0) is 19.7 Å². The minimum Gasteiger partial charge on any atom is -0.469 e. The Bertz CT molecular complexity index is 446. The third-order valence-electron chi connectivity index (χ3n) is 4.06. The minimum atomic E-state index is -3.44. The zero-order valence-electron chi connectivity index (χ0n) is 11.8. The number of carbonyl (C=O) groups is 1. The highest BCUT2D eigenvalue weighted by Gasteiger charge is 2.36.